The van der Waals surface area contributed by atoms with Crippen LogP contribution in [0.15, 0.2) is 29.2 Å². The zero-order valence-corrected chi connectivity index (χ0v) is 12.2. The van der Waals surface area contributed by atoms with Gasteiger partial charge in [-0.2, -0.15) is 4.31 Å². The van der Waals surface area contributed by atoms with Crippen molar-refractivity contribution in [2.24, 2.45) is 5.92 Å². The molecule has 0 radical (unpaired) electrons. The third-order valence-electron chi connectivity index (χ3n) is 2.60. The Bertz CT molecular complexity index is 554. The molecule has 20 heavy (non-hydrogen) atoms. The average Bonchev–Trinajstić information content (AvgIpc) is 2.34. The minimum atomic E-state index is -3.81. The molecule has 0 unspecified atom stereocenters. The van der Waals surface area contributed by atoms with E-state index in [-0.39, 0.29) is 30.3 Å². The zero-order chi connectivity index (χ0) is 15.3. The van der Waals surface area contributed by atoms with Crippen LogP contribution in [0.1, 0.15) is 20.3 Å². The molecule has 0 saturated heterocycles. The highest BCUT2D eigenvalue weighted by atomic mass is 32.2. The highest BCUT2D eigenvalue weighted by Crippen LogP contribution is 2.18. The number of benzene rings is 1. The quantitative estimate of drug-likeness (QED) is 0.835. The molecule has 5 nitrogen and oxygen atoms in total. The maximum atomic E-state index is 12.9. The normalized spacial score (nSPS) is 12.1. The molecule has 0 aliphatic carbocycles. The molecule has 0 atom stereocenters. The minimum Gasteiger partial charge on any atom is -0.481 e. The molecule has 1 aromatic carbocycles. The second kappa shape index (κ2) is 6.81. The summed E-state index contributed by atoms with van der Waals surface area (Å²) >= 11 is 0. The molecule has 0 aliphatic heterocycles. The number of carbonyl (C=O) groups is 1. The Hall–Kier alpha value is -1.47. The maximum absolute atomic E-state index is 12.9. The standard InChI is InChI=1S/C13H18FNO4S/c1-10(2)9-15(8-7-13(16)17)20(18,19)12-5-3-11(14)4-6-12/h3-6,10H,7-9H2,1-2H3,(H,16,17). The van der Waals surface area contributed by atoms with Gasteiger partial charge in [-0.25, -0.2) is 12.8 Å². The molecule has 112 valence electrons. The van der Waals surface area contributed by atoms with E-state index in [1.54, 1.807) is 0 Å². The third kappa shape index (κ3) is 4.57. The summed E-state index contributed by atoms with van der Waals surface area (Å²) in [6.45, 7) is 3.79. The molecule has 1 rings (SSSR count). The van der Waals surface area contributed by atoms with Crippen LogP contribution >= 0.6 is 0 Å². The van der Waals surface area contributed by atoms with Gasteiger partial charge in [0.15, 0.2) is 0 Å². The fraction of sp³-hybridized carbons (Fsp3) is 0.462. The van der Waals surface area contributed by atoms with E-state index in [1.807, 2.05) is 13.8 Å². The first kappa shape index (κ1) is 16.6. The van der Waals surface area contributed by atoms with E-state index in [2.05, 4.69) is 0 Å². The number of hydrogen-bond donors (Lipinski definition) is 1. The number of sulfonamides is 1. The number of carboxylic acid groups (broad SMARTS) is 1. The molecule has 0 aromatic heterocycles. The van der Waals surface area contributed by atoms with E-state index in [0.717, 1.165) is 16.4 Å². The van der Waals surface area contributed by atoms with Crippen LogP contribution in [0.4, 0.5) is 4.39 Å². The van der Waals surface area contributed by atoms with Crippen LogP contribution < -0.4 is 0 Å². The summed E-state index contributed by atoms with van der Waals surface area (Å²) in [5.41, 5.74) is 0. The Kier molecular flexibility index (Phi) is 5.64. The van der Waals surface area contributed by atoms with Gasteiger partial charge in [0.05, 0.1) is 11.3 Å². The summed E-state index contributed by atoms with van der Waals surface area (Å²) < 4.78 is 38.8. The lowest BCUT2D eigenvalue weighted by Gasteiger charge is -2.23. The number of rotatable bonds is 7. The number of aliphatic carboxylic acids is 1. The summed E-state index contributed by atoms with van der Waals surface area (Å²) in [6.07, 6.45) is -0.271. The van der Waals surface area contributed by atoms with E-state index in [1.165, 1.54) is 12.1 Å². The van der Waals surface area contributed by atoms with E-state index in [9.17, 15) is 17.6 Å². The first-order valence-corrected chi connectivity index (χ1v) is 7.65. The molecular weight excluding hydrogens is 285 g/mol. The first-order chi connectivity index (χ1) is 9.23. The number of hydrogen-bond acceptors (Lipinski definition) is 3. The highest BCUT2D eigenvalue weighted by molar-refractivity contribution is 7.89. The lowest BCUT2D eigenvalue weighted by molar-refractivity contribution is -0.137. The van der Waals surface area contributed by atoms with Crippen LogP contribution in [0.2, 0.25) is 0 Å². The minimum absolute atomic E-state index is 0.0371. The van der Waals surface area contributed by atoms with Crippen LogP contribution in [-0.4, -0.2) is 36.9 Å². The van der Waals surface area contributed by atoms with Crippen molar-refractivity contribution < 1.29 is 22.7 Å². The Morgan fingerprint density at radius 3 is 2.30 bits per heavy atom. The van der Waals surface area contributed by atoms with Crippen molar-refractivity contribution in [3.63, 3.8) is 0 Å². The molecule has 0 heterocycles. The van der Waals surface area contributed by atoms with Crippen LogP contribution in [0.3, 0.4) is 0 Å². The summed E-state index contributed by atoms with van der Waals surface area (Å²) in [7, 11) is -3.81. The van der Waals surface area contributed by atoms with Crippen LogP contribution in [0.25, 0.3) is 0 Å². The predicted molar refractivity (Wildman–Crippen MR) is 72.2 cm³/mol. The topological polar surface area (TPSA) is 74.7 Å². The summed E-state index contributed by atoms with van der Waals surface area (Å²) in [5.74, 6) is -1.53. The van der Waals surface area contributed by atoms with Crippen molar-refractivity contribution in [2.45, 2.75) is 25.2 Å². The lowest BCUT2D eigenvalue weighted by Crippen LogP contribution is -2.36. The van der Waals surface area contributed by atoms with Crippen LogP contribution in [0.5, 0.6) is 0 Å². The van der Waals surface area contributed by atoms with Gasteiger partial charge in [0.25, 0.3) is 0 Å². The van der Waals surface area contributed by atoms with Gasteiger partial charge in [0.2, 0.25) is 10.0 Å². The van der Waals surface area contributed by atoms with Crippen LogP contribution in [0, 0.1) is 11.7 Å². The second-order valence-electron chi connectivity index (χ2n) is 4.85. The van der Waals surface area contributed by atoms with Gasteiger partial charge in [-0.1, -0.05) is 13.8 Å². The van der Waals surface area contributed by atoms with Crippen molar-refractivity contribution in [3.8, 4) is 0 Å². The van der Waals surface area contributed by atoms with Crippen molar-refractivity contribution in [2.75, 3.05) is 13.1 Å². The number of halogens is 1. The molecule has 7 heteroatoms. The van der Waals surface area contributed by atoms with Gasteiger partial charge in [0, 0.05) is 13.1 Å². The smallest absolute Gasteiger partial charge is 0.304 e. The maximum Gasteiger partial charge on any atom is 0.304 e. The van der Waals surface area contributed by atoms with Crippen molar-refractivity contribution in [1.82, 2.24) is 4.31 Å². The molecule has 0 bridgehead atoms. The molecule has 1 aromatic rings. The highest BCUT2D eigenvalue weighted by Gasteiger charge is 2.25. The molecule has 0 saturated carbocycles. The van der Waals surface area contributed by atoms with Gasteiger partial charge in [-0.05, 0) is 30.2 Å². The molecule has 1 N–H and O–H groups in total. The van der Waals surface area contributed by atoms with E-state index in [4.69, 9.17) is 5.11 Å². The monoisotopic (exact) mass is 303 g/mol. The van der Waals surface area contributed by atoms with Crippen LogP contribution in [-0.2, 0) is 14.8 Å². The second-order valence-corrected chi connectivity index (χ2v) is 6.79. The Balaban J connectivity index is 3.03. The van der Waals surface area contributed by atoms with Crippen molar-refractivity contribution in [3.05, 3.63) is 30.1 Å². The Labute approximate surface area is 118 Å². The molecule has 0 spiro atoms. The SMILES string of the molecule is CC(C)CN(CCC(=O)O)S(=O)(=O)c1ccc(F)cc1. The van der Waals surface area contributed by atoms with Gasteiger partial charge >= 0.3 is 5.97 Å². The first-order valence-electron chi connectivity index (χ1n) is 6.21. The fourth-order valence-electron chi connectivity index (χ4n) is 1.69. The van der Waals surface area contributed by atoms with Gasteiger partial charge in [-0.3, -0.25) is 4.79 Å². The number of carboxylic acids is 1. The lowest BCUT2D eigenvalue weighted by atomic mass is 10.2. The number of nitrogens with zero attached hydrogens (tertiary/aromatic N) is 1. The van der Waals surface area contributed by atoms with Crippen molar-refractivity contribution in [1.29, 1.82) is 0 Å². The zero-order valence-electron chi connectivity index (χ0n) is 11.4. The van der Waals surface area contributed by atoms with Crippen molar-refractivity contribution >= 4 is 16.0 Å². The Morgan fingerprint density at radius 2 is 1.85 bits per heavy atom. The van der Waals surface area contributed by atoms with Gasteiger partial charge in [0.1, 0.15) is 5.82 Å². The summed E-state index contributed by atoms with van der Waals surface area (Å²) in [5, 5.41) is 8.70. The van der Waals surface area contributed by atoms with E-state index in [0.29, 0.717) is 0 Å². The van der Waals surface area contributed by atoms with E-state index < -0.39 is 21.8 Å². The molecular formula is C13H18FNO4S. The summed E-state index contributed by atoms with van der Waals surface area (Å²) in [6, 6.07) is 4.49. The third-order valence-corrected chi connectivity index (χ3v) is 4.47. The molecule has 0 fully saturated rings. The fourth-order valence-corrected chi connectivity index (χ4v) is 3.30. The molecule has 0 amide bonds. The molecule has 0 aliphatic rings. The largest absolute Gasteiger partial charge is 0.481 e. The van der Waals surface area contributed by atoms with Gasteiger partial charge < -0.3 is 5.11 Å². The van der Waals surface area contributed by atoms with E-state index >= 15 is 0 Å². The summed E-state index contributed by atoms with van der Waals surface area (Å²) in [4.78, 5) is 10.6. The Morgan fingerprint density at radius 1 is 1.30 bits per heavy atom. The average molecular weight is 303 g/mol. The predicted octanol–water partition coefficient (Wildman–Crippen LogP) is 1.95. The van der Waals surface area contributed by atoms with Gasteiger partial charge in [-0.15, -0.1) is 0 Å².